The molecule has 0 aliphatic rings. The van der Waals surface area contributed by atoms with Crippen molar-refractivity contribution in [1.82, 2.24) is 4.98 Å². The quantitative estimate of drug-likeness (QED) is 0.524. The van der Waals surface area contributed by atoms with Crippen molar-refractivity contribution >= 4 is 6.47 Å². The molecular formula is C8H9NO3. The van der Waals surface area contributed by atoms with Crippen LogP contribution in [-0.4, -0.2) is 23.2 Å². The molecule has 0 aliphatic heterocycles. The van der Waals surface area contributed by atoms with Gasteiger partial charge in [-0.2, -0.15) is 0 Å². The zero-order valence-corrected chi connectivity index (χ0v) is 6.43. The second kappa shape index (κ2) is 4.33. The molecule has 1 rings (SSSR count). The summed E-state index contributed by atoms with van der Waals surface area (Å²) in [6, 6.07) is 3.23. The first-order valence-electron chi connectivity index (χ1n) is 3.52. The van der Waals surface area contributed by atoms with E-state index < -0.39 is 0 Å². The number of aromatic hydroxyl groups is 1. The monoisotopic (exact) mass is 167 g/mol. The minimum Gasteiger partial charge on any atom is -0.506 e. The summed E-state index contributed by atoms with van der Waals surface area (Å²) in [5.41, 5.74) is 0.787. The first kappa shape index (κ1) is 8.52. The van der Waals surface area contributed by atoms with E-state index in [1.54, 1.807) is 12.1 Å². The number of pyridine rings is 1. The largest absolute Gasteiger partial charge is 0.506 e. The first-order valence-corrected chi connectivity index (χ1v) is 3.52. The Kier molecular flexibility index (Phi) is 3.07. The molecule has 0 aromatic carbocycles. The van der Waals surface area contributed by atoms with Crippen molar-refractivity contribution in [3.8, 4) is 5.75 Å². The van der Waals surface area contributed by atoms with E-state index in [2.05, 4.69) is 9.72 Å². The van der Waals surface area contributed by atoms with Crippen molar-refractivity contribution in [2.75, 3.05) is 6.61 Å². The predicted molar refractivity (Wildman–Crippen MR) is 41.6 cm³/mol. The van der Waals surface area contributed by atoms with E-state index in [0.717, 1.165) is 5.69 Å². The van der Waals surface area contributed by atoms with Gasteiger partial charge in [0.15, 0.2) is 0 Å². The maximum atomic E-state index is 9.77. The maximum absolute atomic E-state index is 9.77. The molecular weight excluding hydrogens is 158 g/mol. The Bertz CT molecular complexity index is 245. The number of rotatable bonds is 4. The van der Waals surface area contributed by atoms with Crippen LogP contribution in [0.2, 0.25) is 0 Å². The fourth-order valence-electron chi connectivity index (χ4n) is 0.776. The standard InChI is InChI=1S/C8H9NO3/c10-6-12-4-3-7-1-2-8(11)5-9-7/h1-2,5-6,11H,3-4H2. The van der Waals surface area contributed by atoms with E-state index in [9.17, 15) is 4.79 Å². The fourth-order valence-corrected chi connectivity index (χ4v) is 0.776. The number of ether oxygens (including phenoxy) is 1. The van der Waals surface area contributed by atoms with Gasteiger partial charge in [-0.1, -0.05) is 0 Å². The Morgan fingerprint density at radius 1 is 1.58 bits per heavy atom. The second-order valence-electron chi connectivity index (χ2n) is 2.22. The number of hydrogen-bond acceptors (Lipinski definition) is 4. The molecule has 0 aliphatic carbocycles. The van der Waals surface area contributed by atoms with Gasteiger partial charge in [0.2, 0.25) is 0 Å². The van der Waals surface area contributed by atoms with Crippen molar-refractivity contribution in [2.45, 2.75) is 6.42 Å². The number of carbonyl (C=O) groups excluding carboxylic acids is 1. The van der Waals surface area contributed by atoms with Crippen LogP contribution in [0.3, 0.4) is 0 Å². The van der Waals surface area contributed by atoms with Gasteiger partial charge in [0.1, 0.15) is 5.75 Å². The van der Waals surface area contributed by atoms with E-state index in [1.165, 1.54) is 6.20 Å². The number of carbonyl (C=O) groups is 1. The van der Waals surface area contributed by atoms with Gasteiger partial charge in [-0.05, 0) is 12.1 Å². The van der Waals surface area contributed by atoms with Crippen molar-refractivity contribution in [2.24, 2.45) is 0 Å². The molecule has 0 saturated carbocycles. The maximum Gasteiger partial charge on any atom is 0.293 e. The highest BCUT2D eigenvalue weighted by atomic mass is 16.5. The average Bonchev–Trinajstić information content (AvgIpc) is 2.09. The molecule has 4 nitrogen and oxygen atoms in total. The lowest BCUT2D eigenvalue weighted by molar-refractivity contribution is -0.128. The van der Waals surface area contributed by atoms with E-state index >= 15 is 0 Å². The Balaban J connectivity index is 2.42. The van der Waals surface area contributed by atoms with Gasteiger partial charge in [0.05, 0.1) is 12.8 Å². The third-order valence-corrected chi connectivity index (χ3v) is 1.35. The van der Waals surface area contributed by atoms with E-state index in [1.807, 2.05) is 0 Å². The lowest BCUT2D eigenvalue weighted by atomic mass is 10.3. The van der Waals surface area contributed by atoms with E-state index in [4.69, 9.17) is 5.11 Å². The van der Waals surface area contributed by atoms with Crippen LogP contribution in [0, 0.1) is 0 Å². The van der Waals surface area contributed by atoms with Crippen molar-refractivity contribution in [1.29, 1.82) is 0 Å². The second-order valence-corrected chi connectivity index (χ2v) is 2.22. The van der Waals surface area contributed by atoms with Gasteiger partial charge < -0.3 is 9.84 Å². The van der Waals surface area contributed by atoms with Gasteiger partial charge in [-0.3, -0.25) is 9.78 Å². The van der Waals surface area contributed by atoms with Crippen LogP contribution in [0.1, 0.15) is 5.69 Å². The zero-order valence-electron chi connectivity index (χ0n) is 6.43. The molecule has 0 spiro atoms. The van der Waals surface area contributed by atoms with Crippen molar-refractivity contribution < 1.29 is 14.6 Å². The van der Waals surface area contributed by atoms with Gasteiger partial charge in [0.25, 0.3) is 6.47 Å². The minimum atomic E-state index is 0.134. The molecule has 1 aromatic heterocycles. The Labute approximate surface area is 69.8 Å². The van der Waals surface area contributed by atoms with Crippen LogP contribution >= 0.6 is 0 Å². The Morgan fingerprint density at radius 3 is 3.00 bits per heavy atom. The summed E-state index contributed by atoms with van der Waals surface area (Å²) in [5, 5.41) is 8.88. The topological polar surface area (TPSA) is 59.4 Å². The Morgan fingerprint density at radius 2 is 2.42 bits per heavy atom. The van der Waals surface area contributed by atoms with E-state index in [0.29, 0.717) is 19.5 Å². The molecule has 0 atom stereocenters. The summed E-state index contributed by atoms with van der Waals surface area (Å²) < 4.78 is 4.48. The third kappa shape index (κ3) is 2.57. The van der Waals surface area contributed by atoms with Crippen LogP contribution in [0.15, 0.2) is 18.3 Å². The molecule has 0 unspecified atom stereocenters. The molecule has 4 heteroatoms. The highest BCUT2D eigenvalue weighted by Gasteiger charge is 1.94. The van der Waals surface area contributed by atoms with Crippen LogP contribution in [0.25, 0.3) is 0 Å². The number of nitrogens with zero attached hydrogens (tertiary/aromatic N) is 1. The number of hydrogen-bond donors (Lipinski definition) is 1. The van der Waals surface area contributed by atoms with Gasteiger partial charge in [0, 0.05) is 12.1 Å². The molecule has 0 fully saturated rings. The molecule has 64 valence electrons. The lowest BCUT2D eigenvalue weighted by Gasteiger charge is -1.98. The summed E-state index contributed by atoms with van der Waals surface area (Å²) in [7, 11) is 0. The third-order valence-electron chi connectivity index (χ3n) is 1.35. The summed E-state index contributed by atoms with van der Waals surface area (Å²) >= 11 is 0. The predicted octanol–water partition coefficient (Wildman–Crippen LogP) is 0.503. The molecule has 0 radical (unpaired) electrons. The molecule has 0 amide bonds. The SMILES string of the molecule is O=COCCc1ccc(O)cn1. The number of aromatic nitrogens is 1. The first-order chi connectivity index (χ1) is 5.83. The minimum absolute atomic E-state index is 0.134. The molecule has 12 heavy (non-hydrogen) atoms. The molecule has 1 aromatic rings. The van der Waals surface area contributed by atoms with Gasteiger partial charge in [-0.15, -0.1) is 0 Å². The lowest BCUT2D eigenvalue weighted by Crippen LogP contribution is -1.98. The highest BCUT2D eigenvalue weighted by molar-refractivity contribution is 5.36. The van der Waals surface area contributed by atoms with E-state index in [-0.39, 0.29) is 5.75 Å². The molecule has 1 N–H and O–H groups in total. The fraction of sp³-hybridized carbons (Fsp3) is 0.250. The van der Waals surface area contributed by atoms with Crippen molar-refractivity contribution in [3.05, 3.63) is 24.0 Å². The summed E-state index contributed by atoms with van der Waals surface area (Å²) in [6.07, 6.45) is 1.93. The normalized spacial score (nSPS) is 9.33. The van der Waals surface area contributed by atoms with Gasteiger partial charge in [-0.25, -0.2) is 0 Å². The summed E-state index contributed by atoms with van der Waals surface area (Å²) in [5.74, 6) is 0.134. The molecule has 0 bridgehead atoms. The van der Waals surface area contributed by atoms with Crippen LogP contribution in [-0.2, 0) is 16.0 Å². The summed E-state index contributed by atoms with van der Waals surface area (Å²) in [6.45, 7) is 0.724. The van der Waals surface area contributed by atoms with Crippen molar-refractivity contribution in [3.63, 3.8) is 0 Å². The van der Waals surface area contributed by atoms with Crippen LogP contribution < -0.4 is 0 Å². The Hall–Kier alpha value is -1.58. The van der Waals surface area contributed by atoms with Crippen LogP contribution in [0.4, 0.5) is 0 Å². The summed E-state index contributed by atoms with van der Waals surface area (Å²) in [4.78, 5) is 13.7. The van der Waals surface area contributed by atoms with Crippen LogP contribution in [0.5, 0.6) is 5.75 Å². The van der Waals surface area contributed by atoms with Gasteiger partial charge >= 0.3 is 0 Å². The highest BCUT2D eigenvalue weighted by Crippen LogP contribution is 2.05. The smallest absolute Gasteiger partial charge is 0.293 e. The molecule has 1 heterocycles. The average molecular weight is 167 g/mol. The molecule has 0 saturated heterocycles. The zero-order chi connectivity index (χ0) is 8.81.